The van der Waals surface area contributed by atoms with E-state index < -0.39 is 0 Å². The lowest BCUT2D eigenvalue weighted by atomic mass is 9.92. The number of aliphatic hydroxyl groups excluding tert-OH is 1. The molecule has 2 unspecified atom stereocenters. The van der Waals surface area contributed by atoms with Crippen LogP contribution in [0, 0.1) is 5.92 Å². The molecule has 1 heterocycles. The van der Waals surface area contributed by atoms with Crippen LogP contribution in [0.4, 0.5) is 0 Å². The van der Waals surface area contributed by atoms with Gasteiger partial charge in [0.05, 0.1) is 7.11 Å². The lowest BCUT2D eigenvalue weighted by Crippen LogP contribution is -2.44. The summed E-state index contributed by atoms with van der Waals surface area (Å²) in [4.78, 5) is 2.44. The fourth-order valence-electron chi connectivity index (χ4n) is 3.06. The van der Waals surface area contributed by atoms with E-state index in [0.717, 1.165) is 31.7 Å². The Balaban J connectivity index is 2.10. The molecule has 2 atom stereocenters. The minimum absolute atomic E-state index is 0.0778. The molecule has 1 aromatic rings. The SMILES string of the molecule is COc1ccc(C(C(C)N)N2CCC(CO)CC2)cc1. The highest BCUT2D eigenvalue weighted by molar-refractivity contribution is 5.30. The number of piperidine rings is 1. The number of rotatable bonds is 5. The molecule has 1 aromatic carbocycles. The molecule has 0 radical (unpaired) electrons. The van der Waals surface area contributed by atoms with Crippen LogP contribution in [-0.2, 0) is 0 Å². The third kappa shape index (κ3) is 3.51. The molecule has 3 N–H and O–H groups in total. The van der Waals surface area contributed by atoms with Gasteiger partial charge in [0, 0.05) is 18.7 Å². The van der Waals surface area contributed by atoms with Crippen molar-refractivity contribution in [2.45, 2.75) is 31.8 Å². The lowest BCUT2D eigenvalue weighted by Gasteiger charge is -2.39. The predicted octanol–water partition coefficient (Wildman–Crippen LogP) is 1.79. The quantitative estimate of drug-likeness (QED) is 0.862. The summed E-state index contributed by atoms with van der Waals surface area (Å²) in [5, 5.41) is 9.24. The molecule has 0 saturated carbocycles. The van der Waals surface area contributed by atoms with Crippen molar-refractivity contribution >= 4 is 0 Å². The minimum atomic E-state index is 0.0778. The van der Waals surface area contributed by atoms with E-state index in [0.29, 0.717) is 12.5 Å². The molecule has 4 nitrogen and oxygen atoms in total. The monoisotopic (exact) mass is 278 g/mol. The Morgan fingerprint density at radius 3 is 2.35 bits per heavy atom. The number of nitrogens with zero attached hydrogens (tertiary/aromatic N) is 1. The van der Waals surface area contributed by atoms with E-state index in [4.69, 9.17) is 10.5 Å². The van der Waals surface area contributed by atoms with E-state index >= 15 is 0 Å². The highest BCUT2D eigenvalue weighted by atomic mass is 16.5. The van der Waals surface area contributed by atoms with Crippen molar-refractivity contribution in [3.8, 4) is 5.75 Å². The molecule has 0 spiro atoms. The molecule has 112 valence electrons. The number of nitrogens with two attached hydrogens (primary N) is 1. The van der Waals surface area contributed by atoms with Gasteiger partial charge in [-0.2, -0.15) is 0 Å². The fraction of sp³-hybridized carbons (Fsp3) is 0.625. The molecule has 1 fully saturated rings. The summed E-state index contributed by atoms with van der Waals surface area (Å²) in [5.41, 5.74) is 7.45. The summed E-state index contributed by atoms with van der Waals surface area (Å²) in [5.74, 6) is 1.33. The number of hydrogen-bond donors (Lipinski definition) is 2. The molecular weight excluding hydrogens is 252 g/mol. The van der Waals surface area contributed by atoms with E-state index in [1.165, 1.54) is 5.56 Å². The first-order chi connectivity index (χ1) is 9.65. The maximum atomic E-state index is 9.24. The minimum Gasteiger partial charge on any atom is -0.497 e. The van der Waals surface area contributed by atoms with Crippen molar-refractivity contribution in [3.05, 3.63) is 29.8 Å². The first-order valence-electron chi connectivity index (χ1n) is 7.40. The molecule has 1 aliphatic heterocycles. The lowest BCUT2D eigenvalue weighted by molar-refractivity contribution is 0.0915. The van der Waals surface area contributed by atoms with Crippen molar-refractivity contribution < 1.29 is 9.84 Å². The Morgan fingerprint density at radius 2 is 1.90 bits per heavy atom. The normalized spacial score (nSPS) is 20.6. The maximum Gasteiger partial charge on any atom is 0.118 e. The molecule has 0 bridgehead atoms. The van der Waals surface area contributed by atoms with Crippen LogP contribution < -0.4 is 10.5 Å². The third-order valence-electron chi connectivity index (χ3n) is 4.26. The van der Waals surface area contributed by atoms with E-state index in [1.807, 2.05) is 12.1 Å². The smallest absolute Gasteiger partial charge is 0.118 e. The predicted molar refractivity (Wildman–Crippen MR) is 80.8 cm³/mol. The molecule has 20 heavy (non-hydrogen) atoms. The number of ether oxygens (including phenoxy) is 1. The molecule has 4 heteroatoms. The van der Waals surface area contributed by atoms with Crippen LogP contribution in [0.1, 0.15) is 31.4 Å². The summed E-state index contributed by atoms with van der Waals surface area (Å²) in [6, 6.07) is 8.50. The van der Waals surface area contributed by atoms with Crippen LogP contribution in [0.25, 0.3) is 0 Å². The highest BCUT2D eigenvalue weighted by Crippen LogP contribution is 2.29. The first kappa shape index (κ1) is 15.3. The van der Waals surface area contributed by atoms with E-state index in [1.54, 1.807) is 7.11 Å². The molecule has 2 rings (SSSR count). The van der Waals surface area contributed by atoms with Crippen molar-refractivity contribution in [3.63, 3.8) is 0 Å². The Hall–Kier alpha value is -1.10. The molecule has 0 aliphatic carbocycles. The molecular formula is C16H26N2O2. The summed E-state index contributed by atoms with van der Waals surface area (Å²) < 4.78 is 5.21. The van der Waals surface area contributed by atoms with Crippen LogP contribution in [0.5, 0.6) is 5.75 Å². The van der Waals surface area contributed by atoms with E-state index in [-0.39, 0.29) is 12.1 Å². The van der Waals surface area contributed by atoms with Crippen LogP contribution in [0.2, 0.25) is 0 Å². The molecule has 0 amide bonds. The van der Waals surface area contributed by atoms with Gasteiger partial charge in [-0.15, -0.1) is 0 Å². The zero-order valence-electron chi connectivity index (χ0n) is 12.5. The Morgan fingerprint density at radius 1 is 1.30 bits per heavy atom. The zero-order chi connectivity index (χ0) is 14.5. The van der Waals surface area contributed by atoms with Crippen LogP contribution in [0.15, 0.2) is 24.3 Å². The zero-order valence-corrected chi connectivity index (χ0v) is 12.5. The van der Waals surface area contributed by atoms with Crippen molar-refractivity contribution in [2.24, 2.45) is 11.7 Å². The third-order valence-corrected chi connectivity index (χ3v) is 4.26. The largest absolute Gasteiger partial charge is 0.497 e. The second-order valence-corrected chi connectivity index (χ2v) is 5.74. The van der Waals surface area contributed by atoms with E-state index in [2.05, 4.69) is 24.0 Å². The summed E-state index contributed by atoms with van der Waals surface area (Å²) in [6.45, 7) is 4.37. The Labute approximate surface area is 121 Å². The standard InChI is InChI=1S/C16H26N2O2/c1-12(17)16(14-3-5-15(20-2)6-4-14)18-9-7-13(11-19)8-10-18/h3-6,12-13,16,19H,7-11,17H2,1-2H3. The van der Waals surface area contributed by atoms with Crippen molar-refractivity contribution in [1.82, 2.24) is 4.90 Å². The van der Waals surface area contributed by atoms with E-state index in [9.17, 15) is 5.11 Å². The van der Waals surface area contributed by atoms with Gasteiger partial charge in [0.25, 0.3) is 0 Å². The molecule has 0 aromatic heterocycles. The highest BCUT2D eigenvalue weighted by Gasteiger charge is 2.28. The van der Waals surface area contributed by atoms with Crippen LogP contribution in [0.3, 0.4) is 0 Å². The number of methoxy groups -OCH3 is 1. The number of hydrogen-bond acceptors (Lipinski definition) is 4. The number of aliphatic hydroxyl groups is 1. The van der Waals surface area contributed by atoms with Gasteiger partial charge >= 0.3 is 0 Å². The fourth-order valence-corrected chi connectivity index (χ4v) is 3.06. The van der Waals surface area contributed by atoms with Crippen molar-refractivity contribution in [2.75, 3.05) is 26.8 Å². The Kier molecular flexibility index (Phi) is 5.40. The second kappa shape index (κ2) is 7.07. The van der Waals surface area contributed by atoms with Crippen LogP contribution in [-0.4, -0.2) is 42.9 Å². The number of benzene rings is 1. The van der Waals surface area contributed by atoms with Gasteiger partial charge in [-0.25, -0.2) is 0 Å². The summed E-state index contributed by atoms with van der Waals surface area (Å²) in [6.07, 6.45) is 2.10. The second-order valence-electron chi connectivity index (χ2n) is 5.74. The van der Waals surface area contributed by atoms with Crippen molar-refractivity contribution in [1.29, 1.82) is 0 Å². The summed E-state index contributed by atoms with van der Waals surface area (Å²) >= 11 is 0. The van der Waals surface area contributed by atoms with Gasteiger partial charge in [-0.05, 0) is 56.5 Å². The Bertz CT molecular complexity index is 397. The maximum absolute atomic E-state index is 9.24. The average molecular weight is 278 g/mol. The van der Waals surface area contributed by atoms with Gasteiger partial charge in [-0.1, -0.05) is 12.1 Å². The topological polar surface area (TPSA) is 58.7 Å². The van der Waals surface area contributed by atoms with Crippen LogP contribution >= 0.6 is 0 Å². The average Bonchev–Trinajstić information content (AvgIpc) is 2.48. The van der Waals surface area contributed by atoms with Gasteiger partial charge in [0.15, 0.2) is 0 Å². The van der Waals surface area contributed by atoms with Gasteiger partial charge in [0.2, 0.25) is 0 Å². The first-order valence-corrected chi connectivity index (χ1v) is 7.40. The van der Waals surface area contributed by atoms with Gasteiger partial charge in [-0.3, -0.25) is 4.90 Å². The van der Waals surface area contributed by atoms with Gasteiger partial charge < -0.3 is 15.6 Å². The summed E-state index contributed by atoms with van der Waals surface area (Å²) in [7, 11) is 1.68. The molecule has 1 saturated heterocycles. The van der Waals surface area contributed by atoms with Gasteiger partial charge in [0.1, 0.15) is 5.75 Å². The molecule has 1 aliphatic rings. The number of likely N-dealkylation sites (tertiary alicyclic amines) is 1.